The minimum Gasteiger partial charge on any atom is -0.481 e. The number of carboxylic acid groups (broad SMARTS) is 1. The fourth-order valence-electron chi connectivity index (χ4n) is 2.57. The molecule has 1 aliphatic carbocycles. The highest BCUT2D eigenvalue weighted by molar-refractivity contribution is 5.97. The Labute approximate surface area is 121 Å². The SMILES string of the molecule is Cn1ncc(C(=O)NC2CC(C(=O)O)C2)c1-n1cccc1. The molecule has 0 aliphatic heterocycles. The fourth-order valence-corrected chi connectivity index (χ4v) is 2.57. The van der Waals surface area contributed by atoms with E-state index in [2.05, 4.69) is 10.4 Å². The molecular weight excluding hydrogens is 272 g/mol. The van der Waals surface area contributed by atoms with E-state index in [-0.39, 0.29) is 17.9 Å². The van der Waals surface area contributed by atoms with Gasteiger partial charge in [-0.1, -0.05) is 0 Å². The molecule has 2 heterocycles. The smallest absolute Gasteiger partial charge is 0.306 e. The summed E-state index contributed by atoms with van der Waals surface area (Å²) in [5.74, 6) is -0.671. The minimum absolute atomic E-state index is 0.0729. The molecule has 2 aromatic rings. The Morgan fingerprint density at radius 3 is 2.62 bits per heavy atom. The molecule has 7 nitrogen and oxygen atoms in total. The van der Waals surface area contributed by atoms with E-state index in [1.54, 1.807) is 11.7 Å². The third-order valence-corrected chi connectivity index (χ3v) is 3.82. The van der Waals surface area contributed by atoms with Crippen molar-refractivity contribution in [2.45, 2.75) is 18.9 Å². The lowest BCUT2D eigenvalue weighted by molar-refractivity contribution is -0.145. The molecule has 1 amide bonds. The van der Waals surface area contributed by atoms with Crippen LogP contribution in [0.1, 0.15) is 23.2 Å². The van der Waals surface area contributed by atoms with Gasteiger partial charge in [0.25, 0.3) is 5.91 Å². The van der Waals surface area contributed by atoms with Crippen LogP contribution >= 0.6 is 0 Å². The monoisotopic (exact) mass is 288 g/mol. The molecule has 110 valence electrons. The lowest BCUT2D eigenvalue weighted by Gasteiger charge is -2.32. The average molecular weight is 288 g/mol. The lowest BCUT2D eigenvalue weighted by Crippen LogP contribution is -2.46. The van der Waals surface area contributed by atoms with Crippen LogP contribution in [0, 0.1) is 5.92 Å². The number of aryl methyl sites for hydroxylation is 1. The molecule has 1 aliphatic rings. The predicted molar refractivity (Wildman–Crippen MR) is 74.1 cm³/mol. The van der Waals surface area contributed by atoms with Gasteiger partial charge in [-0.3, -0.25) is 14.3 Å². The number of rotatable bonds is 4. The Balaban J connectivity index is 1.73. The number of aliphatic carboxylic acids is 1. The summed E-state index contributed by atoms with van der Waals surface area (Å²) in [5, 5.41) is 15.8. The molecule has 21 heavy (non-hydrogen) atoms. The Bertz CT molecular complexity index is 668. The van der Waals surface area contributed by atoms with Crippen molar-refractivity contribution in [2.24, 2.45) is 13.0 Å². The van der Waals surface area contributed by atoms with Crippen molar-refractivity contribution < 1.29 is 14.7 Å². The van der Waals surface area contributed by atoms with E-state index in [1.165, 1.54) is 6.20 Å². The minimum atomic E-state index is -0.796. The average Bonchev–Trinajstić information content (AvgIpc) is 3.00. The molecule has 2 N–H and O–H groups in total. The molecule has 3 rings (SSSR count). The van der Waals surface area contributed by atoms with E-state index in [1.807, 2.05) is 29.1 Å². The number of hydrogen-bond acceptors (Lipinski definition) is 3. The van der Waals surface area contributed by atoms with Gasteiger partial charge in [-0.2, -0.15) is 5.10 Å². The normalized spacial score (nSPS) is 20.8. The summed E-state index contributed by atoms with van der Waals surface area (Å²) in [4.78, 5) is 23.1. The molecule has 1 saturated carbocycles. The molecule has 0 saturated heterocycles. The summed E-state index contributed by atoms with van der Waals surface area (Å²) in [6, 6.07) is 3.67. The Hall–Kier alpha value is -2.57. The molecule has 0 atom stereocenters. The van der Waals surface area contributed by atoms with Gasteiger partial charge in [0.1, 0.15) is 11.4 Å². The van der Waals surface area contributed by atoms with Crippen LogP contribution in [0.3, 0.4) is 0 Å². The first kappa shape index (κ1) is 13.4. The third-order valence-electron chi connectivity index (χ3n) is 3.82. The van der Waals surface area contributed by atoms with Crippen LogP contribution in [0.5, 0.6) is 0 Å². The molecule has 1 fully saturated rings. The largest absolute Gasteiger partial charge is 0.481 e. The number of carbonyl (C=O) groups excluding carboxylic acids is 1. The number of nitrogens with one attached hydrogen (secondary N) is 1. The van der Waals surface area contributed by atoms with Crippen molar-refractivity contribution in [2.75, 3.05) is 0 Å². The first-order valence-corrected chi connectivity index (χ1v) is 6.75. The summed E-state index contributed by atoms with van der Waals surface area (Å²) < 4.78 is 3.46. The third kappa shape index (κ3) is 2.42. The van der Waals surface area contributed by atoms with Gasteiger partial charge in [0.05, 0.1) is 12.1 Å². The van der Waals surface area contributed by atoms with Gasteiger partial charge in [-0.15, -0.1) is 0 Å². The van der Waals surface area contributed by atoms with E-state index in [4.69, 9.17) is 5.11 Å². The highest BCUT2D eigenvalue weighted by atomic mass is 16.4. The van der Waals surface area contributed by atoms with Crippen LogP contribution in [0.25, 0.3) is 5.82 Å². The van der Waals surface area contributed by atoms with Crippen molar-refractivity contribution in [3.8, 4) is 5.82 Å². The summed E-state index contributed by atoms with van der Waals surface area (Å²) in [5.41, 5.74) is 0.479. The summed E-state index contributed by atoms with van der Waals surface area (Å²) in [7, 11) is 1.77. The number of aromatic nitrogens is 3. The van der Waals surface area contributed by atoms with Crippen molar-refractivity contribution in [3.63, 3.8) is 0 Å². The van der Waals surface area contributed by atoms with Gasteiger partial charge in [-0.05, 0) is 25.0 Å². The van der Waals surface area contributed by atoms with Crippen molar-refractivity contribution in [1.29, 1.82) is 0 Å². The van der Waals surface area contributed by atoms with Crippen molar-refractivity contribution in [3.05, 3.63) is 36.3 Å². The zero-order chi connectivity index (χ0) is 15.0. The number of amides is 1. The van der Waals surface area contributed by atoms with E-state index in [0.29, 0.717) is 24.2 Å². The second kappa shape index (κ2) is 5.08. The summed E-state index contributed by atoms with van der Waals surface area (Å²) in [6.07, 6.45) is 6.19. The molecule has 0 bridgehead atoms. The van der Waals surface area contributed by atoms with Crippen LogP contribution in [0.4, 0.5) is 0 Å². The molecular formula is C14H16N4O3. The first-order chi connectivity index (χ1) is 10.1. The Morgan fingerprint density at radius 1 is 1.33 bits per heavy atom. The second-order valence-electron chi connectivity index (χ2n) is 5.27. The van der Waals surface area contributed by atoms with Crippen molar-refractivity contribution >= 4 is 11.9 Å². The van der Waals surface area contributed by atoms with Gasteiger partial charge < -0.3 is 15.0 Å². The molecule has 2 aromatic heterocycles. The zero-order valence-corrected chi connectivity index (χ0v) is 11.6. The maximum atomic E-state index is 12.3. The molecule has 7 heteroatoms. The van der Waals surface area contributed by atoms with E-state index in [9.17, 15) is 9.59 Å². The van der Waals surface area contributed by atoms with Crippen LogP contribution in [0.15, 0.2) is 30.7 Å². The Morgan fingerprint density at radius 2 is 2.00 bits per heavy atom. The lowest BCUT2D eigenvalue weighted by atomic mass is 9.80. The van der Waals surface area contributed by atoms with Gasteiger partial charge in [-0.25, -0.2) is 0 Å². The fraction of sp³-hybridized carbons (Fsp3) is 0.357. The number of carbonyl (C=O) groups is 2. The first-order valence-electron chi connectivity index (χ1n) is 6.75. The second-order valence-corrected chi connectivity index (χ2v) is 5.27. The van der Waals surface area contributed by atoms with E-state index in [0.717, 1.165) is 0 Å². The summed E-state index contributed by atoms with van der Waals surface area (Å²) in [6.45, 7) is 0. The summed E-state index contributed by atoms with van der Waals surface area (Å²) >= 11 is 0. The van der Waals surface area contributed by atoms with Crippen LogP contribution < -0.4 is 5.32 Å². The van der Waals surface area contributed by atoms with Crippen molar-refractivity contribution in [1.82, 2.24) is 19.7 Å². The van der Waals surface area contributed by atoms with Gasteiger partial charge in [0.2, 0.25) is 0 Å². The maximum Gasteiger partial charge on any atom is 0.306 e. The standard InChI is InChI=1S/C14H16N4O3/c1-17-13(18-4-2-3-5-18)11(8-15-17)12(19)16-10-6-9(7-10)14(20)21/h2-5,8-10H,6-7H2,1H3,(H,16,19)(H,20,21). The topological polar surface area (TPSA) is 89.2 Å². The quantitative estimate of drug-likeness (QED) is 0.871. The van der Waals surface area contributed by atoms with E-state index >= 15 is 0 Å². The van der Waals surface area contributed by atoms with Crippen LogP contribution in [-0.2, 0) is 11.8 Å². The molecule has 0 radical (unpaired) electrons. The Kier molecular flexibility index (Phi) is 3.25. The van der Waals surface area contributed by atoms with Gasteiger partial charge in [0, 0.05) is 25.5 Å². The van der Waals surface area contributed by atoms with Crippen LogP contribution in [0.2, 0.25) is 0 Å². The van der Waals surface area contributed by atoms with Gasteiger partial charge in [0.15, 0.2) is 0 Å². The highest BCUT2D eigenvalue weighted by Gasteiger charge is 2.35. The molecule has 0 aromatic carbocycles. The highest BCUT2D eigenvalue weighted by Crippen LogP contribution is 2.28. The van der Waals surface area contributed by atoms with Crippen LogP contribution in [-0.4, -0.2) is 37.4 Å². The number of nitrogens with zero attached hydrogens (tertiary/aromatic N) is 3. The molecule has 0 spiro atoms. The number of hydrogen-bond donors (Lipinski definition) is 2. The number of carboxylic acids is 1. The maximum absolute atomic E-state index is 12.3. The predicted octanol–water partition coefficient (Wildman–Crippen LogP) is 0.804. The van der Waals surface area contributed by atoms with E-state index < -0.39 is 5.97 Å². The zero-order valence-electron chi connectivity index (χ0n) is 11.6. The molecule has 0 unspecified atom stereocenters. The van der Waals surface area contributed by atoms with Gasteiger partial charge >= 0.3 is 5.97 Å².